The first-order valence-electron chi connectivity index (χ1n) is 1.11. The molecule has 8 N–H and O–H groups in total. The third-order valence-corrected chi connectivity index (χ3v) is 0.183. The van der Waals surface area contributed by atoms with Gasteiger partial charge >= 0.3 is 11.9 Å². The van der Waals surface area contributed by atoms with Crippen LogP contribution in [0.5, 0.6) is 0 Å². The van der Waals surface area contributed by atoms with Crippen LogP contribution >= 0.6 is 0 Å². The van der Waals surface area contributed by atoms with Gasteiger partial charge in [0.15, 0.2) is 17.4 Å². The quantitative estimate of drug-likeness (QED) is 0.278. The molecule has 0 spiro atoms. The van der Waals surface area contributed by atoms with E-state index in [2.05, 4.69) is 0 Å². The van der Waals surface area contributed by atoms with Crippen molar-refractivity contribution >= 4 is 29.3 Å². The highest BCUT2D eigenvalue weighted by atomic mass is 27.0. The lowest BCUT2D eigenvalue weighted by Gasteiger charge is -1.72. The molecule has 0 atom stereocenters. The van der Waals surface area contributed by atoms with E-state index in [0.717, 1.165) is 0 Å². The lowest BCUT2D eigenvalue weighted by Crippen LogP contribution is -2.09. The van der Waals surface area contributed by atoms with Gasteiger partial charge in [0, 0.05) is 0 Å². The maximum Gasteiger partial charge on any atom is 0.414 e. The zero-order valence-electron chi connectivity index (χ0n) is 4.21. The van der Waals surface area contributed by atoms with Crippen LogP contribution in [0.1, 0.15) is 0 Å². The van der Waals surface area contributed by atoms with Crippen molar-refractivity contribution in [1.82, 2.24) is 0 Å². The molecule has 0 rings (SSSR count). The predicted molar refractivity (Wildman–Crippen MR) is 36.1 cm³/mol. The second-order valence-corrected chi connectivity index (χ2v) is 0.610. The fourth-order valence-corrected chi connectivity index (χ4v) is 0. The van der Waals surface area contributed by atoms with E-state index in [0.29, 0.717) is 0 Å². The van der Waals surface area contributed by atoms with Crippen molar-refractivity contribution in [3.05, 3.63) is 0 Å². The molecule has 0 aliphatic carbocycles. The molecule has 0 amide bonds. The SMILES string of the molecule is O.O.O.O=C(O)C(=O)O.[AlH3]. The minimum absolute atomic E-state index is 0. The highest BCUT2D eigenvalue weighted by Gasteiger charge is 2.04. The lowest BCUT2D eigenvalue weighted by atomic mass is 10.7. The van der Waals surface area contributed by atoms with Gasteiger partial charge in [-0.2, -0.15) is 0 Å². The summed E-state index contributed by atoms with van der Waals surface area (Å²) < 4.78 is 0. The summed E-state index contributed by atoms with van der Waals surface area (Å²) in [6, 6.07) is 0. The molecule has 0 aliphatic heterocycles. The van der Waals surface area contributed by atoms with Gasteiger partial charge in [-0.05, 0) is 0 Å². The first kappa shape index (κ1) is 34.4. The van der Waals surface area contributed by atoms with Crippen LogP contribution < -0.4 is 0 Å². The van der Waals surface area contributed by atoms with Crippen molar-refractivity contribution in [1.29, 1.82) is 0 Å². The number of carboxylic acids is 2. The van der Waals surface area contributed by atoms with Gasteiger partial charge in [-0.25, -0.2) is 9.59 Å². The number of aliphatic carboxylic acids is 2. The average Bonchev–Trinajstić information content (AvgIpc) is 1.36. The Morgan fingerprint density at radius 2 is 0.900 bits per heavy atom. The summed E-state index contributed by atoms with van der Waals surface area (Å²) in [5, 5.41) is 14.8. The van der Waals surface area contributed by atoms with Gasteiger partial charge in [-0.3, -0.25) is 0 Å². The summed E-state index contributed by atoms with van der Waals surface area (Å²) in [6.07, 6.45) is 0. The topological polar surface area (TPSA) is 169 Å². The van der Waals surface area contributed by atoms with Crippen LogP contribution in [0, 0.1) is 0 Å². The Morgan fingerprint density at radius 1 is 0.800 bits per heavy atom. The number of carboxylic acid groups (broad SMARTS) is 2. The second kappa shape index (κ2) is 15.8. The highest BCUT2D eigenvalue weighted by Crippen LogP contribution is 1.56. The van der Waals surface area contributed by atoms with Gasteiger partial charge in [0.05, 0.1) is 0 Å². The second-order valence-electron chi connectivity index (χ2n) is 0.610. The molecular weight excluding hydrogens is 163 g/mol. The van der Waals surface area contributed by atoms with Gasteiger partial charge in [0.25, 0.3) is 0 Å². The summed E-state index contributed by atoms with van der Waals surface area (Å²) in [6.45, 7) is 0. The Kier molecular flexibility index (Phi) is 54.3. The largest absolute Gasteiger partial charge is 0.473 e. The van der Waals surface area contributed by atoms with Crippen molar-refractivity contribution in [2.45, 2.75) is 0 Å². The Labute approximate surface area is 66.3 Å². The van der Waals surface area contributed by atoms with Gasteiger partial charge in [0.2, 0.25) is 0 Å². The van der Waals surface area contributed by atoms with Crippen molar-refractivity contribution < 1.29 is 36.2 Å². The van der Waals surface area contributed by atoms with Crippen molar-refractivity contribution in [2.75, 3.05) is 0 Å². The molecule has 0 aromatic rings. The molecule has 0 aliphatic rings. The van der Waals surface area contributed by atoms with Gasteiger partial charge < -0.3 is 26.6 Å². The van der Waals surface area contributed by atoms with Crippen LogP contribution in [0.15, 0.2) is 0 Å². The molecule has 0 bridgehead atoms. The number of hydrogen-bond acceptors (Lipinski definition) is 2. The highest BCUT2D eigenvalue weighted by molar-refractivity contribution is 6.27. The standard InChI is InChI=1S/C2H2O4.Al.3H2O.3H/c3-1(4)2(5)6;;;;;;;/h(H,3,4)(H,5,6);;3*1H2;;;. The molecule has 8 heteroatoms. The maximum atomic E-state index is 9.10. The van der Waals surface area contributed by atoms with E-state index in [1.54, 1.807) is 0 Å². The number of hydrogen-bond donors (Lipinski definition) is 2. The minimum Gasteiger partial charge on any atom is -0.473 e. The zero-order chi connectivity index (χ0) is 5.15. The minimum atomic E-state index is -1.82. The first-order valence-corrected chi connectivity index (χ1v) is 1.11. The number of carbonyl (C=O) groups is 2. The van der Waals surface area contributed by atoms with E-state index in [1.807, 2.05) is 0 Å². The molecule has 0 fully saturated rings. The fraction of sp³-hybridized carbons (Fsp3) is 0. The van der Waals surface area contributed by atoms with Crippen LogP contribution in [-0.4, -0.2) is 55.9 Å². The molecule has 0 aromatic heterocycles. The van der Waals surface area contributed by atoms with Gasteiger partial charge in [-0.15, -0.1) is 0 Å². The summed E-state index contributed by atoms with van der Waals surface area (Å²) >= 11 is 0. The first-order chi connectivity index (χ1) is 2.64. The fourth-order valence-electron chi connectivity index (χ4n) is 0. The monoisotopic (exact) mass is 174 g/mol. The molecule has 64 valence electrons. The van der Waals surface area contributed by atoms with E-state index in [9.17, 15) is 0 Å². The molecule has 0 heterocycles. The molecule has 0 saturated heterocycles. The van der Waals surface area contributed by atoms with E-state index in [-0.39, 0.29) is 33.8 Å². The third-order valence-electron chi connectivity index (χ3n) is 0.183. The summed E-state index contributed by atoms with van der Waals surface area (Å²) in [7, 11) is 0. The molecular formula is C2H11AlO7. The number of rotatable bonds is 0. The van der Waals surface area contributed by atoms with Crippen LogP contribution in [0.4, 0.5) is 0 Å². The summed E-state index contributed by atoms with van der Waals surface area (Å²) in [5.74, 6) is -3.65. The van der Waals surface area contributed by atoms with Crippen molar-refractivity contribution in [3.8, 4) is 0 Å². The third kappa shape index (κ3) is 26.4. The van der Waals surface area contributed by atoms with Gasteiger partial charge in [0.1, 0.15) is 0 Å². The van der Waals surface area contributed by atoms with Crippen molar-refractivity contribution in [2.24, 2.45) is 0 Å². The smallest absolute Gasteiger partial charge is 0.414 e. The molecule has 0 radical (unpaired) electrons. The van der Waals surface area contributed by atoms with Crippen LogP contribution in [0.2, 0.25) is 0 Å². The Bertz CT molecular complexity index is 77.6. The molecule has 7 nitrogen and oxygen atoms in total. The van der Waals surface area contributed by atoms with E-state index >= 15 is 0 Å². The molecule has 0 unspecified atom stereocenters. The summed E-state index contributed by atoms with van der Waals surface area (Å²) in [4.78, 5) is 18.2. The van der Waals surface area contributed by atoms with E-state index in [4.69, 9.17) is 19.8 Å². The van der Waals surface area contributed by atoms with Crippen LogP contribution in [0.3, 0.4) is 0 Å². The molecule has 0 aromatic carbocycles. The average molecular weight is 174 g/mol. The van der Waals surface area contributed by atoms with Crippen LogP contribution in [0.25, 0.3) is 0 Å². The Hall–Kier alpha value is -0.648. The van der Waals surface area contributed by atoms with E-state index in [1.165, 1.54) is 0 Å². The Balaban J connectivity index is -0.0000000208. The van der Waals surface area contributed by atoms with Gasteiger partial charge in [-0.1, -0.05) is 0 Å². The molecule has 10 heavy (non-hydrogen) atoms. The lowest BCUT2D eigenvalue weighted by molar-refractivity contribution is -0.159. The maximum absolute atomic E-state index is 9.10. The van der Waals surface area contributed by atoms with Crippen molar-refractivity contribution in [3.63, 3.8) is 0 Å². The Morgan fingerprint density at radius 3 is 0.900 bits per heavy atom. The van der Waals surface area contributed by atoms with E-state index < -0.39 is 11.9 Å². The van der Waals surface area contributed by atoms with Crippen LogP contribution in [-0.2, 0) is 9.59 Å². The zero-order valence-corrected chi connectivity index (χ0v) is 4.21. The predicted octanol–water partition coefficient (Wildman–Crippen LogP) is -4.50. The summed E-state index contributed by atoms with van der Waals surface area (Å²) in [5.41, 5.74) is 0. The molecule has 0 saturated carbocycles. The normalized spacial score (nSPS) is 4.40.